The summed E-state index contributed by atoms with van der Waals surface area (Å²) in [7, 11) is 0. The minimum Gasteiger partial charge on any atom is -0.332 e. The summed E-state index contributed by atoms with van der Waals surface area (Å²) in [5, 5.41) is 0. The number of halogens is 1. The number of aromatic nitrogens is 1. The fourth-order valence-corrected chi connectivity index (χ4v) is 3.38. The van der Waals surface area contributed by atoms with Gasteiger partial charge in [-0.1, -0.05) is 28.1 Å². The molecule has 1 atom stereocenters. The van der Waals surface area contributed by atoms with Gasteiger partial charge in [0.05, 0.1) is 11.7 Å². The number of rotatable bonds is 3. The second-order valence-electron chi connectivity index (χ2n) is 5.45. The Kier molecular flexibility index (Phi) is 4.55. The SMILES string of the molecule is NCc1cc(C(=O)N2CCCC2c2cccc(Br)c2)ccn1. The van der Waals surface area contributed by atoms with Gasteiger partial charge in [0.15, 0.2) is 0 Å². The Bertz CT molecular complexity index is 689. The molecule has 2 N–H and O–H groups in total. The van der Waals surface area contributed by atoms with Crippen molar-refractivity contribution in [2.45, 2.75) is 25.4 Å². The lowest BCUT2D eigenvalue weighted by Gasteiger charge is -2.25. The van der Waals surface area contributed by atoms with E-state index in [1.54, 1.807) is 18.3 Å². The minimum atomic E-state index is 0.0552. The molecule has 1 amide bonds. The molecule has 2 heterocycles. The van der Waals surface area contributed by atoms with Crippen LogP contribution in [0, 0.1) is 0 Å². The molecule has 1 unspecified atom stereocenters. The molecular formula is C17H18BrN3O. The number of benzene rings is 1. The van der Waals surface area contributed by atoms with E-state index in [4.69, 9.17) is 5.73 Å². The van der Waals surface area contributed by atoms with Gasteiger partial charge in [0, 0.05) is 29.3 Å². The summed E-state index contributed by atoms with van der Waals surface area (Å²) in [4.78, 5) is 18.9. The Morgan fingerprint density at radius 1 is 1.36 bits per heavy atom. The van der Waals surface area contributed by atoms with Crippen LogP contribution in [0.3, 0.4) is 0 Å². The number of hydrogen-bond acceptors (Lipinski definition) is 3. The summed E-state index contributed by atoms with van der Waals surface area (Å²) in [6.45, 7) is 1.13. The van der Waals surface area contributed by atoms with Crippen LogP contribution < -0.4 is 5.73 Å². The molecule has 1 aromatic heterocycles. The van der Waals surface area contributed by atoms with Crippen molar-refractivity contribution in [2.24, 2.45) is 5.73 Å². The summed E-state index contributed by atoms with van der Waals surface area (Å²) in [5.74, 6) is 0.0552. The summed E-state index contributed by atoms with van der Waals surface area (Å²) in [6, 6.07) is 11.9. The highest BCUT2D eigenvalue weighted by Crippen LogP contribution is 2.34. The molecule has 0 aliphatic carbocycles. The van der Waals surface area contributed by atoms with Crippen LogP contribution in [-0.2, 0) is 6.54 Å². The molecule has 2 aromatic rings. The number of likely N-dealkylation sites (tertiary alicyclic amines) is 1. The van der Waals surface area contributed by atoms with Gasteiger partial charge >= 0.3 is 0 Å². The first-order chi connectivity index (χ1) is 10.7. The maximum absolute atomic E-state index is 12.8. The van der Waals surface area contributed by atoms with Gasteiger partial charge in [-0.2, -0.15) is 0 Å². The van der Waals surface area contributed by atoms with Crippen molar-refractivity contribution in [1.29, 1.82) is 0 Å². The highest BCUT2D eigenvalue weighted by atomic mass is 79.9. The molecule has 1 aliphatic rings. The van der Waals surface area contributed by atoms with Crippen LogP contribution in [0.1, 0.15) is 40.5 Å². The lowest BCUT2D eigenvalue weighted by Crippen LogP contribution is -2.30. The van der Waals surface area contributed by atoms with Crippen molar-refractivity contribution in [3.8, 4) is 0 Å². The van der Waals surface area contributed by atoms with Gasteiger partial charge in [-0.05, 0) is 42.7 Å². The van der Waals surface area contributed by atoms with Crippen LogP contribution in [0.5, 0.6) is 0 Å². The first-order valence-corrected chi connectivity index (χ1v) is 8.20. The number of nitrogens with zero attached hydrogens (tertiary/aromatic N) is 2. The average molecular weight is 360 g/mol. The van der Waals surface area contributed by atoms with Crippen molar-refractivity contribution in [2.75, 3.05) is 6.54 Å². The summed E-state index contributed by atoms with van der Waals surface area (Å²) < 4.78 is 1.04. The first-order valence-electron chi connectivity index (χ1n) is 7.40. The van der Waals surface area contributed by atoms with E-state index in [1.807, 2.05) is 17.0 Å². The largest absolute Gasteiger partial charge is 0.332 e. The van der Waals surface area contributed by atoms with E-state index in [0.717, 1.165) is 29.6 Å². The van der Waals surface area contributed by atoms with E-state index in [9.17, 15) is 4.79 Å². The van der Waals surface area contributed by atoms with Gasteiger partial charge in [0.1, 0.15) is 0 Å². The molecule has 4 nitrogen and oxygen atoms in total. The fourth-order valence-electron chi connectivity index (χ4n) is 2.96. The lowest BCUT2D eigenvalue weighted by atomic mass is 10.0. The molecule has 0 bridgehead atoms. The lowest BCUT2D eigenvalue weighted by molar-refractivity contribution is 0.0735. The number of amides is 1. The van der Waals surface area contributed by atoms with Gasteiger partial charge in [0.25, 0.3) is 5.91 Å². The molecule has 114 valence electrons. The van der Waals surface area contributed by atoms with Crippen LogP contribution in [0.2, 0.25) is 0 Å². The summed E-state index contributed by atoms with van der Waals surface area (Å²) in [6.07, 6.45) is 3.67. The molecule has 1 saturated heterocycles. The van der Waals surface area contributed by atoms with Crippen LogP contribution in [0.4, 0.5) is 0 Å². The Hall–Kier alpha value is -1.72. The van der Waals surface area contributed by atoms with Crippen molar-refractivity contribution < 1.29 is 4.79 Å². The van der Waals surface area contributed by atoms with E-state index in [0.29, 0.717) is 12.1 Å². The molecule has 22 heavy (non-hydrogen) atoms. The molecule has 0 radical (unpaired) electrons. The van der Waals surface area contributed by atoms with Gasteiger partial charge in [0.2, 0.25) is 0 Å². The van der Waals surface area contributed by atoms with Crippen LogP contribution in [-0.4, -0.2) is 22.3 Å². The summed E-state index contributed by atoms with van der Waals surface area (Å²) >= 11 is 3.50. The smallest absolute Gasteiger partial charge is 0.254 e. The molecule has 5 heteroatoms. The Morgan fingerprint density at radius 2 is 2.23 bits per heavy atom. The zero-order valence-corrected chi connectivity index (χ0v) is 13.8. The number of pyridine rings is 1. The second kappa shape index (κ2) is 6.58. The Morgan fingerprint density at radius 3 is 3.00 bits per heavy atom. The molecule has 0 saturated carbocycles. The molecular weight excluding hydrogens is 342 g/mol. The number of nitrogens with two attached hydrogens (primary N) is 1. The standard InChI is InChI=1S/C17H18BrN3O/c18-14-4-1-3-12(9-14)16-5-2-8-21(16)17(22)13-6-7-20-15(10-13)11-19/h1,3-4,6-7,9-10,16H,2,5,8,11,19H2. The maximum Gasteiger partial charge on any atom is 0.254 e. The average Bonchev–Trinajstić information content (AvgIpc) is 3.04. The highest BCUT2D eigenvalue weighted by Gasteiger charge is 2.30. The predicted octanol–water partition coefficient (Wildman–Crippen LogP) is 3.28. The van der Waals surface area contributed by atoms with Crippen molar-refractivity contribution in [3.05, 3.63) is 63.9 Å². The Balaban J connectivity index is 1.87. The summed E-state index contributed by atoms with van der Waals surface area (Å²) in [5.41, 5.74) is 8.19. The minimum absolute atomic E-state index is 0.0552. The van der Waals surface area contributed by atoms with E-state index in [-0.39, 0.29) is 11.9 Å². The van der Waals surface area contributed by atoms with Crippen LogP contribution in [0.15, 0.2) is 47.1 Å². The number of carbonyl (C=O) groups excluding carboxylic acids is 1. The van der Waals surface area contributed by atoms with E-state index < -0.39 is 0 Å². The van der Waals surface area contributed by atoms with Gasteiger partial charge in [-0.3, -0.25) is 9.78 Å². The third-order valence-corrected chi connectivity index (χ3v) is 4.51. The number of carbonyl (C=O) groups is 1. The normalized spacial score (nSPS) is 17.7. The zero-order chi connectivity index (χ0) is 15.5. The van der Waals surface area contributed by atoms with Gasteiger partial charge < -0.3 is 10.6 Å². The van der Waals surface area contributed by atoms with E-state index in [2.05, 4.69) is 33.0 Å². The maximum atomic E-state index is 12.8. The van der Waals surface area contributed by atoms with Crippen molar-refractivity contribution in [1.82, 2.24) is 9.88 Å². The predicted molar refractivity (Wildman–Crippen MR) is 89.3 cm³/mol. The molecule has 0 spiro atoms. The quantitative estimate of drug-likeness (QED) is 0.914. The highest BCUT2D eigenvalue weighted by molar-refractivity contribution is 9.10. The van der Waals surface area contributed by atoms with Crippen LogP contribution in [0.25, 0.3) is 0 Å². The van der Waals surface area contributed by atoms with E-state index >= 15 is 0 Å². The molecule has 1 aromatic carbocycles. The zero-order valence-electron chi connectivity index (χ0n) is 12.2. The fraction of sp³-hybridized carbons (Fsp3) is 0.294. The van der Waals surface area contributed by atoms with Gasteiger partial charge in [-0.15, -0.1) is 0 Å². The van der Waals surface area contributed by atoms with E-state index in [1.165, 1.54) is 5.56 Å². The van der Waals surface area contributed by atoms with Crippen LogP contribution >= 0.6 is 15.9 Å². The van der Waals surface area contributed by atoms with Crippen molar-refractivity contribution >= 4 is 21.8 Å². The number of hydrogen-bond donors (Lipinski definition) is 1. The molecule has 1 fully saturated rings. The van der Waals surface area contributed by atoms with Gasteiger partial charge in [-0.25, -0.2) is 0 Å². The third-order valence-electron chi connectivity index (χ3n) is 4.02. The molecule has 3 rings (SSSR count). The van der Waals surface area contributed by atoms with Crippen molar-refractivity contribution in [3.63, 3.8) is 0 Å². The third kappa shape index (κ3) is 3.05. The molecule has 1 aliphatic heterocycles. The topological polar surface area (TPSA) is 59.2 Å². The first kappa shape index (κ1) is 15.2. The second-order valence-corrected chi connectivity index (χ2v) is 6.37. The Labute approximate surface area is 138 Å². The monoisotopic (exact) mass is 359 g/mol.